The fraction of sp³-hybridized carbons (Fsp3) is 0.500. The zero-order valence-electron chi connectivity index (χ0n) is 11.3. The van der Waals surface area contributed by atoms with Crippen LogP contribution < -0.4 is 16.0 Å². The fourth-order valence-electron chi connectivity index (χ4n) is 2.26. The van der Waals surface area contributed by atoms with Crippen LogP contribution in [-0.2, 0) is 6.42 Å². The molecule has 8 heteroatoms. The van der Waals surface area contributed by atoms with Crippen LogP contribution in [0.15, 0.2) is 12.1 Å². The van der Waals surface area contributed by atoms with E-state index in [9.17, 15) is 0 Å². The summed E-state index contributed by atoms with van der Waals surface area (Å²) in [5.74, 6) is 0.934. The van der Waals surface area contributed by atoms with Crippen LogP contribution in [0.2, 0.25) is 0 Å². The Morgan fingerprint density at radius 3 is 2.90 bits per heavy atom. The smallest absolute Gasteiger partial charge is 0.207 e. The summed E-state index contributed by atoms with van der Waals surface area (Å²) >= 11 is 1.37. The Balaban J connectivity index is 1.61. The molecule has 1 fully saturated rings. The molecule has 0 bridgehead atoms. The van der Waals surface area contributed by atoms with Crippen LogP contribution in [0.4, 0.5) is 16.1 Å². The topological polar surface area (TPSA) is 92.8 Å². The van der Waals surface area contributed by atoms with E-state index in [2.05, 4.69) is 37.5 Å². The number of aryl methyl sites for hydroxylation is 1. The molecule has 7 nitrogen and oxygen atoms in total. The van der Waals surface area contributed by atoms with E-state index in [1.807, 2.05) is 12.1 Å². The first kappa shape index (κ1) is 13.0. The van der Waals surface area contributed by atoms with Gasteiger partial charge in [0.15, 0.2) is 5.82 Å². The lowest BCUT2D eigenvalue weighted by Gasteiger charge is -2.17. The lowest BCUT2D eigenvalue weighted by molar-refractivity contribution is 0.798. The Labute approximate surface area is 121 Å². The Kier molecular flexibility index (Phi) is 3.64. The highest BCUT2D eigenvalue weighted by Crippen LogP contribution is 2.23. The van der Waals surface area contributed by atoms with E-state index in [4.69, 9.17) is 5.73 Å². The maximum absolute atomic E-state index is 5.57. The third kappa shape index (κ3) is 2.79. The summed E-state index contributed by atoms with van der Waals surface area (Å²) in [6.07, 6.45) is 1.95. The van der Waals surface area contributed by atoms with E-state index in [-0.39, 0.29) is 0 Å². The van der Waals surface area contributed by atoms with Gasteiger partial charge in [-0.2, -0.15) is 5.10 Å². The van der Waals surface area contributed by atoms with Crippen LogP contribution in [0.1, 0.15) is 19.0 Å². The monoisotopic (exact) mass is 291 g/mol. The number of aromatic nitrogens is 4. The highest BCUT2D eigenvalue weighted by atomic mass is 32.1. The van der Waals surface area contributed by atoms with Crippen molar-refractivity contribution < 1.29 is 0 Å². The lowest BCUT2D eigenvalue weighted by Crippen LogP contribution is -2.26. The molecular formula is C12H17N7S. The van der Waals surface area contributed by atoms with E-state index >= 15 is 0 Å². The van der Waals surface area contributed by atoms with Gasteiger partial charge in [0.1, 0.15) is 0 Å². The molecule has 3 heterocycles. The van der Waals surface area contributed by atoms with Crippen molar-refractivity contribution in [3.05, 3.63) is 17.8 Å². The van der Waals surface area contributed by atoms with Crippen molar-refractivity contribution in [1.82, 2.24) is 20.4 Å². The highest BCUT2D eigenvalue weighted by Gasteiger charge is 2.24. The van der Waals surface area contributed by atoms with Crippen LogP contribution in [0.5, 0.6) is 0 Å². The van der Waals surface area contributed by atoms with Crippen molar-refractivity contribution in [2.24, 2.45) is 0 Å². The first-order valence-corrected chi connectivity index (χ1v) is 7.49. The summed E-state index contributed by atoms with van der Waals surface area (Å²) in [5, 5.41) is 20.9. The highest BCUT2D eigenvalue weighted by molar-refractivity contribution is 7.18. The van der Waals surface area contributed by atoms with Gasteiger partial charge >= 0.3 is 0 Å². The Morgan fingerprint density at radius 1 is 1.35 bits per heavy atom. The minimum Gasteiger partial charge on any atom is -0.374 e. The molecule has 0 aromatic carbocycles. The second-order valence-corrected chi connectivity index (χ2v) is 5.77. The van der Waals surface area contributed by atoms with Gasteiger partial charge in [0.2, 0.25) is 10.3 Å². The zero-order valence-corrected chi connectivity index (χ0v) is 12.1. The minimum absolute atomic E-state index is 0.343. The van der Waals surface area contributed by atoms with Gasteiger partial charge in [0.05, 0.1) is 5.69 Å². The number of hydrogen-bond acceptors (Lipinski definition) is 8. The number of nitrogens with one attached hydrogen (secondary N) is 1. The molecule has 1 saturated heterocycles. The number of nitrogens with zero attached hydrogens (tertiary/aromatic N) is 5. The largest absolute Gasteiger partial charge is 0.374 e. The summed E-state index contributed by atoms with van der Waals surface area (Å²) in [5.41, 5.74) is 6.60. The van der Waals surface area contributed by atoms with Gasteiger partial charge in [0.25, 0.3) is 0 Å². The van der Waals surface area contributed by atoms with E-state index in [0.717, 1.165) is 42.6 Å². The van der Waals surface area contributed by atoms with Crippen LogP contribution in [0.3, 0.4) is 0 Å². The van der Waals surface area contributed by atoms with Crippen molar-refractivity contribution >= 4 is 27.4 Å². The van der Waals surface area contributed by atoms with E-state index in [0.29, 0.717) is 11.2 Å². The normalized spacial score (nSPS) is 18.4. The predicted octanol–water partition coefficient (Wildman–Crippen LogP) is 1.16. The van der Waals surface area contributed by atoms with Gasteiger partial charge in [-0.15, -0.1) is 15.3 Å². The number of nitrogens with two attached hydrogens (primary N) is 1. The predicted molar refractivity (Wildman–Crippen MR) is 80.0 cm³/mol. The molecule has 0 aliphatic carbocycles. The number of rotatable bonds is 4. The van der Waals surface area contributed by atoms with Gasteiger partial charge in [-0.3, -0.25) is 0 Å². The second kappa shape index (κ2) is 5.58. The maximum atomic E-state index is 5.57. The van der Waals surface area contributed by atoms with Crippen molar-refractivity contribution in [2.45, 2.75) is 25.8 Å². The van der Waals surface area contributed by atoms with Crippen LogP contribution in [0, 0.1) is 0 Å². The van der Waals surface area contributed by atoms with Crippen LogP contribution in [-0.4, -0.2) is 39.5 Å². The number of hydrogen-bond donors (Lipinski definition) is 2. The minimum atomic E-state index is 0.343. The first-order valence-electron chi connectivity index (χ1n) is 6.67. The van der Waals surface area contributed by atoms with Crippen LogP contribution >= 0.6 is 11.3 Å². The average molecular weight is 291 g/mol. The van der Waals surface area contributed by atoms with Gasteiger partial charge in [-0.05, 0) is 25.0 Å². The molecule has 0 amide bonds. The van der Waals surface area contributed by atoms with Crippen molar-refractivity contribution in [3.8, 4) is 0 Å². The molecule has 20 heavy (non-hydrogen) atoms. The first-order chi connectivity index (χ1) is 9.74. The van der Waals surface area contributed by atoms with Gasteiger partial charge in [-0.1, -0.05) is 18.3 Å². The Bertz CT molecular complexity index is 567. The van der Waals surface area contributed by atoms with Gasteiger partial charge in [-0.25, -0.2) is 0 Å². The maximum Gasteiger partial charge on any atom is 0.207 e. The molecule has 0 radical (unpaired) electrons. The molecule has 1 atom stereocenters. The summed E-state index contributed by atoms with van der Waals surface area (Å²) in [7, 11) is 0. The van der Waals surface area contributed by atoms with Crippen molar-refractivity contribution in [2.75, 3.05) is 29.0 Å². The lowest BCUT2D eigenvalue weighted by atomic mass is 10.3. The summed E-state index contributed by atoms with van der Waals surface area (Å²) < 4.78 is 0. The molecule has 0 unspecified atom stereocenters. The third-order valence-corrected chi connectivity index (χ3v) is 4.03. The number of anilines is 3. The molecule has 106 valence electrons. The Hall–Kier alpha value is -1.96. The zero-order chi connectivity index (χ0) is 13.9. The standard InChI is InChI=1S/C12H17N7S/c1-2-8-3-4-10(16-15-8)19-6-5-9(7-19)14-12-18-17-11(13)20-12/h3-4,9H,2,5-7H2,1H3,(H2,13,17)(H,14,18)/t9-/m1/s1. The van der Waals surface area contributed by atoms with Gasteiger partial charge in [0, 0.05) is 19.1 Å². The van der Waals surface area contributed by atoms with Crippen molar-refractivity contribution in [3.63, 3.8) is 0 Å². The molecular weight excluding hydrogens is 274 g/mol. The summed E-state index contributed by atoms with van der Waals surface area (Å²) in [6.45, 7) is 3.93. The SMILES string of the molecule is CCc1ccc(N2CC[C@@H](Nc3nnc(N)s3)C2)nn1. The van der Waals surface area contributed by atoms with Gasteiger partial charge < -0.3 is 16.0 Å². The molecule has 1 aliphatic heterocycles. The van der Waals surface area contributed by atoms with E-state index in [1.165, 1.54) is 11.3 Å². The second-order valence-electron chi connectivity index (χ2n) is 4.76. The van der Waals surface area contributed by atoms with E-state index in [1.54, 1.807) is 0 Å². The third-order valence-electron chi connectivity index (χ3n) is 3.35. The molecule has 1 aliphatic rings. The van der Waals surface area contributed by atoms with Crippen LogP contribution in [0.25, 0.3) is 0 Å². The molecule has 3 rings (SSSR count). The molecule has 2 aromatic heterocycles. The molecule has 3 N–H and O–H groups in total. The van der Waals surface area contributed by atoms with E-state index < -0.39 is 0 Å². The fourth-order valence-corrected chi connectivity index (χ4v) is 2.85. The summed E-state index contributed by atoms with van der Waals surface area (Å²) in [6, 6.07) is 4.42. The summed E-state index contributed by atoms with van der Waals surface area (Å²) in [4.78, 5) is 2.23. The van der Waals surface area contributed by atoms with Crippen molar-refractivity contribution in [1.29, 1.82) is 0 Å². The quantitative estimate of drug-likeness (QED) is 0.873. The Morgan fingerprint density at radius 2 is 2.25 bits per heavy atom. The molecule has 0 saturated carbocycles. The average Bonchev–Trinajstić information content (AvgIpc) is 3.09. The number of nitrogen functional groups attached to an aromatic ring is 1. The molecule has 2 aromatic rings. The molecule has 0 spiro atoms.